The Morgan fingerprint density at radius 2 is 1.68 bits per heavy atom. The van der Waals surface area contributed by atoms with Gasteiger partial charge in [-0.25, -0.2) is 4.79 Å². The molecule has 0 aliphatic rings. The van der Waals surface area contributed by atoms with Crippen LogP contribution >= 0.6 is 11.6 Å². The number of hydrogen-bond donors (Lipinski definition) is 1. The minimum Gasteiger partial charge on any atom is -0.478 e. The fourth-order valence-corrected chi connectivity index (χ4v) is 3.60. The van der Waals surface area contributed by atoms with Crippen LogP contribution in [0.2, 0.25) is 5.02 Å². The average molecular weight is 445 g/mol. The zero-order valence-corrected chi connectivity index (χ0v) is 16.3. The second-order valence-corrected chi connectivity index (χ2v) is 7.07. The van der Waals surface area contributed by atoms with Crippen LogP contribution in [-0.4, -0.2) is 26.5 Å². The van der Waals surface area contributed by atoms with E-state index in [2.05, 4.69) is 4.98 Å². The van der Waals surface area contributed by atoms with E-state index in [4.69, 9.17) is 16.7 Å². The van der Waals surface area contributed by atoms with E-state index in [1.807, 2.05) is 0 Å². The minimum absolute atomic E-state index is 0.0851. The summed E-state index contributed by atoms with van der Waals surface area (Å²) >= 11 is 5.95. The van der Waals surface area contributed by atoms with Gasteiger partial charge in [0.2, 0.25) is 0 Å². The molecular weight excluding hydrogens is 433 g/mol. The molecule has 2 aromatic heterocycles. The quantitative estimate of drug-likeness (QED) is 0.436. The molecule has 31 heavy (non-hydrogen) atoms. The normalized spacial score (nSPS) is 11.6. The van der Waals surface area contributed by atoms with Gasteiger partial charge in [-0.2, -0.15) is 13.2 Å². The molecule has 9 heteroatoms. The summed E-state index contributed by atoms with van der Waals surface area (Å²) in [4.78, 5) is 27.8. The minimum atomic E-state index is -4.82. The molecule has 0 fully saturated rings. The van der Waals surface area contributed by atoms with Crippen LogP contribution < -0.4 is 0 Å². The Balaban J connectivity index is 1.91. The molecule has 2 aromatic carbocycles. The summed E-state index contributed by atoms with van der Waals surface area (Å²) in [6.07, 6.45) is -1.85. The SMILES string of the molecule is O=C(O)c1ccc(-c2cn(C(=O)c3c(Cl)cncc3C(F)(F)F)c3ccccc23)cc1. The van der Waals surface area contributed by atoms with E-state index in [0.717, 1.165) is 10.8 Å². The lowest BCUT2D eigenvalue weighted by Gasteiger charge is -2.13. The van der Waals surface area contributed by atoms with Crippen LogP contribution in [0.25, 0.3) is 22.0 Å². The number of benzene rings is 2. The third kappa shape index (κ3) is 3.66. The Bertz CT molecular complexity index is 1330. The van der Waals surface area contributed by atoms with Crippen LogP contribution in [0, 0.1) is 0 Å². The van der Waals surface area contributed by atoms with E-state index in [0.29, 0.717) is 28.2 Å². The number of pyridine rings is 1. The Morgan fingerprint density at radius 1 is 1.00 bits per heavy atom. The maximum Gasteiger partial charge on any atom is 0.418 e. The fraction of sp³-hybridized carbons (Fsp3) is 0.0455. The second kappa shape index (κ2) is 7.55. The molecule has 0 amide bonds. The smallest absolute Gasteiger partial charge is 0.418 e. The third-order valence-corrected chi connectivity index (χ3v) is 5.08. The maximum absolute atomic E-state index is 13.5. The summed E-state index contributed by atoms with van der Waals surface area (Å²) < 4.78 is 41.6. The van der Waals surface area contributed by atoms with E-state index < -0.39 is 34.2 Å². The summed E-state index contributed by atoms with van der Waals surface area (Å²) in [6, 6.07) is 12.7. The van der Waals surface area contributed by atoms with Gasteiger partial charge in [0.25, 0.3) is 5.91 Å². The van der Waals surface area contributed by atoms with Crippen molar-refractivity contribution in [1.82, 2.24) is 9.55 Å². The van der Waals surface area contributed by atoms with E-state index in [1.165, 1.54) is 18.3 Å². The molecular formula is C22H12ClF3N2O3. The molecule has 0 saturated heterocycles. The molecule has 0 spiro atoms. The zero-order valence-electron chi connectivity index (χ0n) is 15.5. The van der Waals surface area contributed by atoms with E-state index in [9.17, 15) is 22.8 Å². The third-order valence-electron chi connectivity index (χ3n) is 4.79. The Morgan fingerprint density at radius 3 is 2.32 bits per heavy atom. The number of nitrogens with zero attached hydrogens (tertiary/aromatic N) is 2. The Hall–Kier alpha value is -3.65. The number of carboxylic acid groups (broad SMARTS) is 1. The number of hydrogen-bond acceptors (Lipinski definition) is 3. The molecule has 0 aliphatic carbocycles. The molecule has 0 aliphatic heterocycles. The first-order valence-electron chi connectivity index (χ1n) is 8.87. The highest BCUT2D eigenvalue weighted by atomic mass is 35.5. The van der Waals surface area contributed by atoms with Crippen molar-refractivity contribution in [3.8, 4) is 11.1 Å². The van der Waals surface area contributed by atoms with Gasteiger partial charge < -0.3 is 5.11 Å². The predicted octanol–water partition coefficient (Wildman–Crippen LogP) is 5.76. The van der Waals surface area contributed by atoms with Crippen molar-refractivity contribution >= 4 is 34.4 Å². The molecule has 4 aromatic rings. The highest BCUT2D eigenvalue weighted by Gasteiger charge is 2.37. The number of para-hydroxylation sites is 1. The highest BCUT2D eigenvalue weighted by Crippen LogP contribution is 2.37. The molecule has 0 unspecified atom stereocenters. The monoisotopic (exact) mass is 444 g/mol. The van der Waals surface area contributed by atoms with E-state index in [-0.39, 0.29) is 5.56 Å². The average Bonchev–Trinajstić information content (AvgIpc) is 3.12. The van der Waals surface area contributed by atoms with Crippen LogP contribution in [0.15, 0.2) is 67.1 Å². The molecule has 0 saturated carbocycles. The summed E-state index contributed by atoms with van der Waals surface area (Å²) in [6.45, 7) is 0. The number of carboxylic acids is 1. The number of carbonyl (C=O) groups is 2. The first kappa shape index (κ1) is 20.6. The van der Waals surface area contributed by atoms with Crippen LogP contribution in [-0.2, 0) is 6.18 Å². The molecule has 156 valence electrons. The maximum atomic E-state index is 13.5. The molecule has 5 nitrogen and oxygen atoms in total. The van der Waals surface area contributed by atoms with Gasteiger partial charge in [0.05, 0.1) is 27.2 Å². The molecule has 4 rings (SSSR count). The lowest BCUT2D eigenvalue weighted by Crippen LogP contribution is -2.19. The van der Waals surface area contributed by atoms with Crippen LogP contribution in [0.5, 0.6) is 0 Å². The standard InChI is InChI=1S/C22H12ClF3N2O3/c23-17-10-27-9-16(22(24,25)26)19(17)20(29)28-11-15(14-3-1-2-4-18(14)28)12-5-7-13(8-6-12)21(30)31/h1-11H,(H,30,31). The summed E-state index contributed by atoms with van der Waals surface area (Å²) in [5.41, 5.74) is -0.301. The molecule has 0 bridgehead atoms. The summed E-state index contributed by atoms with van der Waals surface area (Å²) in [5, 5.41) is 9.28. The van der Waals surface area contributed by atoms with E-state index >= 15 is 0 Å². The topological polar surface area (TPSA) is 72.2 Å². The van der Waals surface area contributed by atoms with Gasteiger partial charge in [0.1, 0.15) is 0 Å². The van der Waals surface area contributed by atoms with Gasteiger partial charge in [0.15, 0.2) is 0 Å². The number of aromatic nitrogens is 2. The van der Waals surface area contributed by atoms with Crippen LogP contribution in [0.3, 0.4) is 0 Å². The number of halogens is 4. The fourth-order valence-electron chi connectivity index (χ4n) is 3.36. The van der Waals surface area contributed by atoms with Crippen molar-refractivity contribution in [2.45, 2.75) is 6.18 Å². The molecule has 0 radical (unpaired) electrons. The first-order valence-corrected chi connectivity index (χ1v) is 9.25. The van der Waals surface area contributed by atoms with Crippen LogP contribution in [0.1, 0.15) is 26.3 Å². The second-order valence-electron chi connectivity index (χ2n) is 6.66. The zero-order chi connectivity index (χ0) is 22.3. The molecule has 2 heterocycles. The van der Waals surface area contributed by atoms with Crippen molar-refractivity contribution in [2.75, 3.05) is 0 Å². The van der Waals surface area contributed by atoms with Crippen molar-refractivity contribution in [1.29, 1.82) is 0 Å². The Labute approximate surface area is 178 Å². The van der Waals surface area contributed by atoms with Gasteiger partial charge in [-0.1, -0.05) is 41.9 Å². The lowest BCUT2D eigenvalue weighted by molar-refractivity contribution is -0.138. The highest BCUT2D eigenvalue weighted by molar-refractivity contribution is 6.34. The van der Waals surface area contributed by atoms with Gasteiger partial charge in [-0.3, -0.25) is 14.3 Å². The molecule has 1 N–H and O–H groups in total. The van der Waals surface area contributed by atoms with Gasteiger partial charge in [-0.15, -0.1) is 0 Å². The Kier molecular flexibility index (Phi) is 5.02. The van der Waals surface area contributed by atoms with Crippen molar-refractivity contribution < 1.29 is 27.9 Å². The van der Waals surface area contributed by atoms with Crippen molar-refractivity contribution in [2.24, 2.45) is 0 Å². The number of alkyl halides is 3. The first-order chi connectivity index (χ1) is 14.7. The van der Waals surface area contributed by atoms with Gasteiger partial charge in [-0.05, 0) is 23.8 Å². The predicted molar refractivity (Wildman–Crippen MR) is 108 cm³/mol. The molecule has 0 atom stereocenters. The largest absolute Gasteiger partial charge is 0.478 e. The number of rotatable bonds is 3. The summed E-state index contributed by atoms with van der Waals surface area (Å²) in [7, 11) is 0. The summed E-state index contributed by atoms with van der Waals surface area (Å²) in [5.74, 6) is -2.04. The number of aromatic carboxylic acids is 1. The number of carbonyl (C=O) groups excluding carboxylic acids is 1. The lowest BCUT2D eigenvalue weighted by atomic mass is 10.0. The van der Waals surface area contributed by atoms with Gasteiger partial charge in [0, 0.05) is 29.5 Å². The van der Waals surface area contributed by atoms with Crippen molar-refractivity contribution in [3.05, 3.63) is 88.8 Å². The van der Waals surface area contributed by atoms with Crippen molar-refractivity contribution in [3.63, 3.8) is 0 Å². The van der Waals surface area contributed by atoms with Gasteiger partial charge >= 0.3 is 12.1 Å². The number of fused-ring (bicyclic) bond motifs is 1. The van der Waals surface area contributed by atoms with Crippen LogP contribution in [0.4, 0.5) is 13.2 Å². The van der Waals surface area contributed by atoms with E-state index in [1.54, 1.807) is 36.4 Å².